The number of amides is 1. The van der Waals surface area contributed by atoms with E-state index in [9.17, 15) is 9.90 Å². The number of nitrogens with one attached hydrogen (secondary N) is 1. The third kappa shape index (κ3) is 2.43. The Labute approximate surface area is 147 Å². The Morgan fingerprint density at radius 2 is 1.92 bits per heavy atom. The highest BCUT2D eigenvalue weighted by atomic mass is 16.7. The summed E-state index contributed by atoms with van der Waals surface area (Å²) in [6.07, 6.45) is 5.46. The lowest BCUT2D eigenvalue weighted by molar-refractivity contribution is -0.178. The summed E-state index contributed by atoms with van der Waals surface area (Å²) in [6, 6.07) is 5.73. The molecule has 4 fully saturated rings. The minimum Gasteiger partial charge on any atom is -0.454 e. The number of rotatable bonds is 3. The van der Waals surface area contributed by atoms with Crippen LogP contribution in [0.3, 0.4) is 0 Å². The maximum atomic E-state index is 13.2. The SMILES string of the molecule is CC(NC(=O)C12CC3CC(CC(O)(C3)C1)C2)c1ccc2c(c1)OCO2. The number of hydrogen-bond donors (Lipinski definition) is 2. The van der Waals surface area contributed by atoms with Crippen LogP contribution >= 0.6 is 0 Å². The first-order valence-corrected chi connectivity index (χ1v) is 9.38. The van der Waals surface area contributed by atoms with Gasteiger partial charge in [0.2, 0.25) is 12.7 Å². The average molecular weight is 343 g/mol. The zero-order valence-corrected chi connectivity index (χ0v) is 14.6. The van der Waals surface area contributed by atoms with Gasteiger partial charge in [-0.05, 0) is 75.0 Å². The molecule has 25 heavy (non-hydrogen) atoms. The van der Waals surface area contributed by atoms with E-state index in [0.717, 1.165) is 42.7 Å². The van der Waals surface area contributed by atoms with E-state index in [2.05, 4.69) is 5.32 Å². The minimum atomic E-state index is -0.608. The molecule has 5 heteroatoms. The molecule has 0 aromatic heterocycles. The van der Waals surface area contributed by atoms with Crippen molar-refractivity contribution in [3.63, 3.8) is 0 Å². The molecule has 5 nitrogen and oxygen atoms in total. The van der Waals surface area contributed by atoms with Gasteiger partial charge in [-0.25, -0.2) is 0 Å². The van der Waals surface area contributed by atoms with Crippen LogP contribution in [-0.2, 0) is 4.79 Å². The zero-order valence-electron chi connectivity index (χ0n) is 14.6. The summed E-state index contributed by atoms with van der Waals surface area (Å²) < 4.78 is 10.8. The highest BCUT2D eigenvalue weighted by Crippen LogP contribution is 2.61. The van der Waals surface area contributed by atoms with Crippen LogP contribution in [0.4, 0.5) is 0 Å². The number of hydrogen-bond acceptors (Lipinski definition) is 4. The van der Waals surface area contributed by atoms with Crippen LogP contribution in [0.2, 0.25) is 0 Å². The summed E-state index contributed by atoms with van der Waals surface area (Å²) in [6.45, 7) is 2.26. The van der Waals surface area contributed by atoms with E-state index < -0.39 is 5.60 Å². The fraction of sp³-hybridized carbons (Fsp3) is 0.650. The van der Waals surface area contributed by atoms with Gasteiger partial charge < -0.3 is 19.9 Å². The number of carbonyl (C=O) groups excluding carboxylic acids is 1. The Morgan fingerprint density at radius 1 is 1.20 bits per heavy atom. The van der Waals surface area contributed by atoms with E-state index in [1.54, 1.807) is 0 Å². The summed E-state index contributed by atoms with van der Waals surface area (Å²) in [4.78, 5) is 13.2. The van der Waals surface area contributed by atoms with Crippen molar-refractivity contribution in [2.75, 3.05) is 6.79 Å². The summed E-state index contributed by atoms with van der Waals surface area (Å²) in [5.41, 5.74) is 0.0355. The second kappa shape index (κ2) is 5.13. The molecule has 0 spiro atoms. The zero-order chi connectivity index (χ0) is 17.2. The van der Waals surface area contributed by atoms with Crippen molar-refractivity contribution in [1.82, 2.24) is 5.32 Å². The highest BCUT2D eigenvalue weighted by molar-refractivity contribution is 5.83. The highest BCUT2D eigenvalue weighted by Gasteiger charge is 2.60. The van der Waals surface area contributed by atoms with E-state index in [4.69, 9.17) is 9.47 Å². The maximum absolute atomic E-state index is 13.2. The third-order valence-corrected chi connectivity index (χ3v) is 6.76. The monoisotopic (exact) mass is 343 g/mol. The van der Waals surface area contributed by atoms with Gasteiger partial charge in [-0.2, -0.15) is 0 Å². The maximum Gasteiger partial charge on any atom is 0.231 e. The Morgan fingerprint density at radius 3 is 2.64 bits per heavy atom. The molecule has 0 radical (unpaired) electrons. The molecule has 134 valence electrons. The fourth-order valence-electron chi connectivity index (χ4n) is 6.10. The largest absolute Gasteiger partial charge is 0.454 e. The van der Waals surface area contributed by atoms with Crippen LogP contribution in [-0.4, -0.2) is 23.4 Å². The van der Waals surface area contributed by atoms with Crippen LogP contribution < -0.4 is 14.8 Å². The molecule has 5 aliphatic rings. The molecule has 0 saturated heterocycles. The number of carbonyl (C=O) groups is 1. The summed E-state index contributed by atoms with van der Waals surface area (Å²) in [7, 11) is 0. The van der Waals surface area contributed by atoms with E-state index in [-0.39, 0.29) is 24.2 Å². The van der Waals surface area contributed by atoms with E-state index >= 15 is 0 Å². The molecule has 6 rings (SSSR count). The molecule has 3 atom stereocenters. The second-order valence-electron chi connectivity index (χ2n) is 8.77. The van der Waals surface area contributed by atoms with Crippen molar-refractivity contribution in [2.45, 2.75) is 57.1 Å². The van der Waals surface area contributed by atoms with Crippen LogP contribution in [0, 0.1) is 17.3 Å². The van der Waals surface area contributed by atoms with Gasteiger partial charge in [-0.1, -0.05) is 6.07 Å². The van der Waals surface area contributed by atoms with Crippen LogP contribution in [0.5, 0.6) is 11.5 Å². The van der Waals surface area contributed by atoms with E-state index in [1.165, 1.54) is 6.42 Å². The Kier molecular flexibility index (Phi) is 3.18. The summed E-state index contributed by atoms with van der Waals surface area (Å²) in [5, 5.41) is 14.1. The number of aliphatic hydroxyl groups is 1. The van der Waals surface area contributed by atoms with Gasteiger partial charge in [0.05, 0.1) is 17.1 Å². The molecule has 4 bridgehead atoms. The molecule has 3 unspecified atom stereocenters. The van der Waals surface area contributed by atoms with Gasteiger partial charge in [0.25, 0.3) is 0 Å². The van der Waals surface area contributed by atoms with Crippen LogP contribution in [0.15, 0.2) is 18.2 Å². The number of ether oxygens (including phenoxy) is 2. The predicted octanol–water partition coefficient (Wildman–Crippen LogP) is 2.92. The van der Waals surface area contributed by atoms with Gasteiger partial charge in [0, 0.05) is 0 Å². The molecule has 1 aromatic rings. The quantitative estimate of drug-likeness (QED) is 0.885. The van der Waals surface area contributed by atoms with E-state index in [0.29, 0.717) is 18.3 Å². The number of fused-ring (bicyclic) bond motifs is 1. The van der Waals surface area contributed by atoms with Crippen molar-refractivity contribution in [1.29, 1.82) is 0 Å². The Balaban J connectivity index is 1.35. The molecule has 1 aromatic carbocycles. The normalized spacial score (nSPS) is 38.6. The van der Waals surface area contributed by atoms with Gasteiger partial charge in [0.1, 0.15) is 0 Å². The average Bonchev–Trinajstić information content (AvgIpc) is 2.99. The van der Waals surface area contributed by atoms with Crippen molar-refractivity contribution < 1.29 is 19.4 Å². The first kappa shape index (κ1) is 15.5. The lowest BCUT2D eigenvalue weighted by atomic mass is 9.47. The second-order valence-corrected chi connectivity index (χ2v) is 8.77. The molecule has 1 amide bonds. The molecule has 4 aliphatic carbocycles. The molecular formula is C20H25NO4. The fourth-order valence-corrected chi connectivity index (χ4v) is 6.10. The van der Waals surface area contributed by atoms with Gasteiger partial charge in [0.15, 0.2) is 11.5 Å². The molecule has 2 N–H and O–H groups in total. The standard InChI is InChI=1S/C20H25NO4/c1-12(15-2-3-16-17(5-15)25-11-24-16)21-18(22)19-6-13-4-14(7-19)9-20(23,8-13)10-19/h2-3,5,12-14,23H,4,6-11H2,1H3,(H,21,22). The smallest absolute Gasteiger partial charge is 0.231 e. The first-order valence-electron chi connectivity index (χ1n) is 9.38. The van der Waals surface area contributed by atoms with Crippen molar-refractivity contribution in [3.05, 3.63) is 23.8 Å². The Bertz CT molecular complexity index is 716. The minimum absolute atomic E-state index is 0.0929. The molecular weight excluding hydrogens is 318 g/mol. The van der Waals surface area contributed by atoms with Crippen molar-refractivity contribution in [3.8, 4) is 11.5 Å². The summed E-state index contributed by atoms with van der Waals surface area (Å²) >= 11 is 0. The molecule has 4 saturated carbocycles. The van der Waals surface area contributed by atoms with Crippen LogP contribution in [0.25, 0.3) is 0 Å². The van der Waals surface area contributed by atoms with E-state index in [1.807, 2.05) is 25.1 Å². The van der Waals surface area contributed by atoms with Crippen LogP contribution in [0.1, 0.15) is 57.1 Å². The molecule has 1 heterocycles. The lowest BCUT2D eigenvalue weighted by Crippen LogP contribution is -2.60. The van der Waals surface area contributed by atoms with Gasteiger partial charge in [-0.15, -0.1) is 0 Å². The lowest BCUT2D eigenvalue weighted by Gasteiger charge is -2.59. The summed E-state index contributed by atoms with van der Waals surface area (Å²) in [5.74, 6) is 2.63. The van der Waals surface area contributed by atoms with Crippen molar-refractivity contribution >= 4 is 5.91 Å². The van der Waals surface area contributed by atoms with Crippen molar-refractivity contribution in [2.24, 2.45) is 17.3 Å². The Hall–Kier alpha value is -1.75. The topological polar surface area (TPSA) is 67.8 Å². The van der Waals surface area contributed by atoms with Gasteiger partial charge in [-0.3, -0.25) is 4.79 Å². The molecule has 1 aliphatic heterocycles. The first-order chi connectivity index (χ1) is 11.9. The van der Waals surface area contributed by atoms with Gasteiger partial charge >= 0.3 is 0 Å². The third-order valence-electron chi connectivity index (χ3n) is 6.76. The number of benzene rings is 1. The predicted molar refractivity (Wildman–Crippen MR) is 91.2 cm³/mol.